The van der Waals surface area contributed by atoms with E-state index in [4.69, 9.17) is 0 Å². The first kappa shape index (κ1) is 12.7. The van der Waals surface area contributed by atoms with Crippen LogP contribution in [-0.2, 0) is 10.2 Å². The van der Waals surface area contributed by atoms with Crippen molar-refractivity contribution in [3.63, 3.8) is 0 Å². The molecule has 2 atom stereocenters. The van der Waals surface area contributed by atoms with Crippen LogP contribution in [0.5, 0.6) is 0 Å². The maximum atomic E-state index is 12.7. The lowest BCUT2D eigenvalue weighted by molar-refractivity contribution is -0.133. The van der Waals surface area contributed by atoms with Crippen LogP contribution in [0.1, 0.15) is 31.7 Å². The van der Waals surface area contributed by atoms with Gasteiger partial charge in [0.05, 0.1) is 11.5 Å². The van der Waals surface area contributed by atoms with Gasteiger partial charge in [-0.25, -0.2) is 0 Å². The minimum Gasteiger partial charge on any atom is -0.393 e. The number of rotatable bonds is 3. The molecular formula is C16H21NO2. The van der Waals surface area contributed by atoms with Crippen LogP contribution < -0.4 is 0 Å². The highest BCUT2D eigenvalue weighted by Gasteiger charge is 2.53. The van der Waals surface area contributed by atoms with Crippen molar-refractivity contribution in [2.75, 3.05) is 13.1 Å². The monoisotopic (exact) mass is 259 g/mol. The fraction of sp³-hybridized carbons (Fsp3) is 0.562. The van der Waals surface area contributed by atoms with E-state index in [0.29, 0.717) is 6.54 Å². The first-order chi connectivity index (χ1) is 9.13. The van der Waals surface area contributed by atoms with Gasteiger partial charge in [0.1, 0.15) is 0 Å². The van der Waals surface area contributed by atoms with Gasteiger partial charge in [0.25, 0.3) is 0 Å². The summed E-state index contributed by atoms with van der Waals surface area (Å²) in [6.07, 6.45) is 2.54. The molecule has 1 aromatic rings. The number of likely N-dealkylation sites (tertiary alicyclic amines) is 1. The smallest absolute Gasteiger partial charge is 0.233 e. The van der Waals surface area contributed by atoms with Gasteiger partial charge < -0.3 is 10.0 Å². The molecule has 2 fully saturated rings. The van der Waals surface area contributed by atoms with Gasteiger partial charge in [-0.1, -0.05) is 30.3 Å². The molecule has 102 valence electrons. The zero-order valence-corrected chi connectivity index (χ0v) is 11.4. The second-order valence-corrected chi connectivity index (χ2v) is 5.99. The van der Waals surface area contributed by atoms with Crippen molar-refractivity contribution in [1.29, 1.82) is 0 Å². The summed E-state index contributed by atoms with van der Waals surface area (Å²) in [6.45, 7) is 3.33. The van der Waals surface area contributed by atoms with Crippen molar-refractivity contribution in [2.24, 2.45) is 5.92 Å². The molecule has 1 aliphatic carbocycles. The summed E-state index contributed by atoms with van der Waals surface area (Å²) in [6, 6.07) is 10.1. The van der Waals surface area contributed by atoms with Gasteiger partial charge in [-0.05, 0) is 31.7 Å². The minimum atomic E-state index is -0.315. The Hall–Kier alpha value is -1.35. The number of hydrogen-bond acceptors (Lipinski definition) is 2. The summed E-state index contributed by atoms with van der Waals surface area (Å²) in [7, 11) is 0. The Morgan fingerprint density at radius 1 is 1.37 bits per heavy atom. The van der Waals surface area contributed by atoms with Crippen LogP contribution in [0.2, 0.25) is 0 Å². The summed E-state index contributed by atoms with van der Waals surface area (Å²) >= 11 is 0. The van der Waals surface area contributed by atoms with Gasteiger partial charge in [-0.3, -0.25) is 4.79 Å². The topological polar surface area (TPSA) is 40.5 Å². The second kappa shape index (κ2) is 4.64. The lowest BCUT2D eigenvalue weighted by atomic mass is 9.94. The molecule has 1 N–H and O–H groups in total. The Bertz CT molecular complexity index is 465. The number of carbonyl (C=O) groups is 1. The molecule has 1 heterocycles. The standard InChI is InChI=1S/C16H21NO2/c1-12(18)13-7-10-17(11-13)15(19)16(8-9-16)14-5-3-2-4-6-14/h2-6,12-13,18H,7-11H2,1H3. The Kier molecular flexibility index (Phi) is 3.09. The van der Waals surface area contributed by atoms with E-state index in [0.717, 1.165) is 31.4 Å². The van der Waals surface area contributed by atoms with Crippen LogP contribution in [0.25, 0.3) is 0 Å². The Balaban J connectivity index is 1.75. The van der Waals surface area contributed by atoms with Crippen molar-refractivity contribution in [3.8, 4) is 0 Å². The van der Waals surface area contributed by atoms with Crippen LogP contribution in [-0.4, -0.2) is 35.1 Å². The molecule has 3 heteroatoms. The fourth-order valence-electron chi connectivity index (χ4n) is 3.18. The van der Waals surface area contributed by atoms with Crippen LogP contribution in [0.15, 0.2) is 30.3 Å². The molecule has 19 heavy (non-hydrogen) atoms. The van der Waals surface area contributed by atoms with Crippen molar-refractivity contribution in [3.05, 3.63) is 35.9 Å². The van der Waals surface area contributed by atoms with Gasteiger partial charge >= 0.3 is 0 Å². The SMILES string of the molecule is CC(O)C1CCN(C(=O)C2(c3ccccc3)CC2)C1. The molecule has 0 bridgehead atoms. The molecule has 1 aliphatic heterocycles. The molecule has 1 aromatic carbocycles. The van der Waals surface area contributed by atoms with Crippen molar-refractivity contribution >= 4 is 5.91 Å². The Morgan fingerprint density at radius 2 is 2.05 bits per heavy atom. The lowest BCUT2D eigenvalue weighted by Crippen LogP contribution is -2.38. The van der Waals surface area contributed by atoms with E-state index in [-0.39, 0.29) is 23.3 Å². The van der Waals surface area contributed by atoms with E-state index in [1.165, 1.54) is 0 Å². The maximum absolute atomic E-state index is 12.7. The highest BCUT2D eigenvalue weighted by Crippen LogP contribution is 2.50. The molecule has 1 saturated heterocycles. The quantitative estimate of drug-likeness (QED) is 0.901. The molecule has 0 aromatic heterocycles. The first-order valence-electron chi connectivity index (χ1n) is 7.16. The van der Waals surface area contributed by atoms with E-state index in [9.17, 15) is 9.90 Å². The molecule has 0 radical (unpaired) electrons. The predicted molar refractivity (Wildman–Crippen MR) is 73.7 cm³/mol. The number of amides is 1. The first-order valence-corrected chi connectivity index (χ1v) is 7.16. The largest absolute Gasteiger partial charge is 0.393 e. The second-order valence-electron chi connectivity index (χ2n) is 5.99. The number of nitrogens with zero attached hydrogens (tertiary/aromatic N) is 1. The highest BCUT2D eigenvalue weighted by molar-refractivity contribution is 5.91. The summed E-state index contributed by atoms with van der Waals surface area (Å²) in [5, 5.41) is 9.65. The average molecular weight is 259 g/mol. The number of benzene rings is 1. The molecule has 1 saturated carbocycles. The number of carbonyl (C=O) groups excluding carboxylic acids is 1. The molecule has 3 nitrogen and oxygen atoms in total. The van der Waals surface area contributed by atoms with E-state index in [1.54, 1.807) is 0 Å². The van der Waals surface area contributed by atoms with E-state index in [1.807, 2.05) is 30.0 Å². The summed E-state index contributed by atoms with van der Waals surface area (Å²) in [5.41, 5.74) is 0.898. The number of aliphatic hydroxyl groups is 1. The molecule has 3 rings (SSSR count). The van der Waals surface area contributed by atoms with E-state index in [2.05, 4.69) is 12.1 Å². The summed E-state index contributed by atoms with van der Waals surface area (Å²) < 4.78 is 0. The van der Waals surface area contributed by atoms with Crippen LogP contribution in [0.3, 0.4) is 0 Å². The summed E-state index contributed by atoms with van der Waals surface area (Å²) in [4.78, 5) is 14.7. The zero-order valence-electron chi connectivity index (χ0n) is 11.4. The maximum Gasteiger partial charge on any atom is 0.233 e. The Morgan fingerprint density at radius 3 is 2.58 bits per heavy atom. The van der Waals surface area contributed by atoms with Crippen molar-refractivity contribution < 1.29 is 9.90 Å². The molecule has 1 amide bonds. The lowest BCUT2D eigenvalue weighted by Gasteiger charge is -2.24. The molecular weight excluding hydrogens is 238 g/mol. The van der Waals surface area contributed by atoms with Crippen molar-refractivity contribution in [1.82, 2.24) is 4.90 Å². The van der Waals surface area contributed by atoms with Gasteiger partial charge in [0, 0.05) is 19.0 Å². The normalized spacial score (nSPS) is 26.2. The fourth-order valence-corrected chi connectivity index (χ4v) is 3.18. The number of hydrogen-bond donors (Lipinski definition) is 1. The van der Waals surface area contributed by atoms with Crippen LogP contribution in [0.4, 0.5) is 0 Å². The van der Waals surface area contributed by atoms with E-state index < -0.39 is 0 Å². The molecule has 2 aliphatic rings. The third-order valence-corrected chi connectivity index (χ3v) is 4.68. The molecule has 2 unspecified atom stereocenters. The third kappa shape index (κ3) is 2.16. The predicted octanol–water partition coefficient (Wildman–Crippen LogP) is 1.95. The van der Waals surface area contributed by atoms with Gasteiger partial charge in [0.2, 0.25) is 5.91 Å². The van der Waals surface area contributed by atoms with Gasteiger partial charge in [-0.15, -0.1) is 0 Å². The van der Waals surface area contributed by atoms with Crippen LogP contribution >= 0.6 is 0 Å². The Labute approximate surface area is 114 Å². The minimum absolute atomic E-state index is 0.246. The van der Waals surface area contributed by atoms with E-state index >= 15 is 0 Å². The van der Waals surface area contributed by atoms with Crippen LogP contribution in [0, 0.1) is 5.92 Å². The van der Waals surface area contributed by atoms with Crippen molar-refractivity contribution in [2.45, 2.75) is 37.7 Å². The van der Waals surface area contributed by atoms with Gasteiger partial charge in [0.15, 0.2) is 0 Å². The number of aliphatic hydroxyl groups excluding tert-OH is 1. The molecule has 0 spiro atoms. The average Bonchev–Trinajstić information content (AvgIpc) is 3.09. The highest BCUT2D eigenvalue weighted by atomic mass is 16.3. The zero-order chi connectivity index (χ0) is 13.5. The third-order valence-electron chi connectivity index (χ3n) is 4.68. The van der Waals surface area contributed by atoms with Gasteiger partial charge in [-0.2, -0.15) is 0 Å². The summed E-state index contributed by atoms with van der Waals surface area (Å²) in [5.74, 6) is 0.511.